The van der Waals surface area contributed by atoms with Crippen LogP contribution in [0.25, 0.3) is 67.3 Å². The van der Waals surface area contributed by atoms with Gasteiger partial charge in [-0.2, -0.15) is 0 Å². The van der Waals surface area contributed by atoms with Crippen LogP contribution in [0.5, 0.6) is 0 Å². The molecule has 4 aliphatic heterocycles. The van der Waals surface area contributed by atoms with E-state index in [0.717, 1.165) is 124 Å². The van der Waals surface area contributed by atoms with Crippen LogP contribution in [0.2, 0.25) is 0 Å². The number of aromatic amines is 4. The molecule has 105 heavy (non-hydrogen) atoms. The zero-order valence-electron chi connectivity index (χ0n) is 61.9. The molecule has 548 valence electrons. The van der Waals surface area contributed by atoms with Gasteiger partial charge in [-0.3, -0.25) is 29.1 Å². The average Bonchev–Trinajstić information content (AvgIpc) is 1.71. The Bertz CT molecular complexity index is 4570. The average molecular weight is 1420 g/mol. The quantitative estimate of drug-likeness (QED) is 0.0518. The molecule has 4 saturated heterocycles. The minimum atomic E-state index is -1.10. The van der Waals surface area contributed by atoms with Crippen molar-refractivity contribution >= 4 is 36.0 Å². The molecule has 13 rings (SSSR count). The number of likely N-dealkylation sites (N-methyl/N-ethyl adjacent to an activating group) is 2. The molecule has 0 bridgehead atoms. The van der Waals surface area contributed by atoms with E-state index in [0.29, 0.717) is 56.4 Å². The number of hydrogen-bond acceptors (Lipinski definition) is 13. The Labute approximate surface area is 613 Å². The Morgan fingerprint density at radius 1 is 0.419 bits per heavy atom. The summed E-state index contributed by atoms with van der Waals surface area (Å²) in [6.07, 6.45) is 12.4. The van der Waals surface area contributed by atoms with Crippen molar-refractivity contribution in [1.29, 1.82) is 0 Å². The maximum atomic E-state index is 14.3. The van der Waals surface area contributed by atoms with Crippen LogP contribution in [0, 0.1) is 0 Å². The number of rotatable bonds is 20. The third kappa shape index (κ3) is 16.3. The predicted molar refractivity (Wildman–Crippen MR) is 400 cm³/mol. The first-order valence-corrected chi connectivity index (χ1v) is 36.7. The summed E-state index contributed by atoms with van der Waals surface area (Å²) in [5.74, 6) is 2.59. The van der Waals surface area contributed by atoms with Gasteiger partial charge in [0.05, 0.1) is 78.2 Å². The Kier molecular flexibility index (Phi) is 20.8. The fourth-order valence-electron chi connectivity index (χ4n) is 15.3. The second kappa shape index (κ2) is 30.1. The van der Waals surface area contributed by atoms with Crippen LogP contribution in [0.1, 0.15) is 173 Å². The van der Waals surface area contributed by atoms with Crippen molar-refractivity contribution in [1.82, 2.24) is 69.3 Å². The van der Waals surface area contributed by atoms with E-state index in [2.05, 4.69) is 92.7 Å². The number of benzene rings is 5. The van der Waals surface area contributed by atoms with Gasteiger partial charge in [0.1, 0.15) is 52.2 Å². The second-order valence-electron chi connectivity index (χ2n) is 30.7. The van der Waals surface area contributed by atoms with Crippen LogP contribution in [0.15, 0.2) is 152 Å². The highest BCUT2D eigenvalue weighted by Crippen LogP contribution is 2.40. The summed E-state index contributed by atoms with van der Waals surface area (Å²) in [7, 11) is 3.15. The Morgan fingerprint density at radius 2 is 0.724 bits per heavy atom. The van der Waals surface area contributed by atoms with E-state index in [1.807, 2.05) is 84.4 Å². The first kappa shape index (κ1) is 72.5. The highest BCUT2D eigenvalue weighted by Gasteiger charge is 2.43. The van der Waals surface area contributed by atoms with Gasteiger partial charge in [0.25, 0.3) is 0 Å². The van der Waals surface area contributed by atoms with Crippen LogP contribution in [-0.4, -0.2) is 174 Å². The first-order chi connectivity index (χ1) is 50.2. The molecule has 0 spiro atoms. The minimum Gasteiger partial charge on any atom is -0.444 e. The molecular formula is C82H96N14O9. The third-order valence-corrected chi connectivity index (χ3v) is 20.8. The van der Waals surface area contributed by atoms with Gasteiger partial charge in [-0.1, -0.05) is 127 Å². The minimum absolute atomic E-state index is 0.0739. The van der Waals surface area contributed by atoms with Gasteiger partial charge in [0, 0.05) is 46.7 Å². The topological polar surface area (TPSA) is 264 Å². The molecule has 5 aromatic carbocycles. The van der Waals surface area contributed by atoms with E-state index in [1.165, 1.54) is 9.80 Å². The predicted octanol–water partition coefficient (Wildman–Crippen LogP) is 15.4. The standard InChI is InChI=1S/C82H96N14O9/c1-51(91(10)77(100)103-80(3,4)5)75(98)94-42-16-22-67(94)72-84-47-63(88-72)59-35-27-55(28-36-59)56-29-37-60(38-30-56)64-48-85-73(89-64)68-23-17-43-95(68)76(99)52(2)92(11)78(101)104-81(6,7)50-82(8,9)105-79(102)96-44-18-24-69(96)74-86-49-65(90-74)61-39-31-57(32-40-61)54-25-33-58(34-26-54)62-46-83-71(87-62)66-21-15-41-93(66)70(97)45-53-19-13-12-14-20-53/h12-14,19-20,25-40,46-49,51-52,66-69H,15-18,21-24,41-45,50H2,1-11H3,(H,83,87)(H,84,88)(H,85,89)(H,86,90)/t51-,52-,66-,67-,68-,69-/m0/s1. The van der Waals surface area contributed by atoms with Crippen molar-refractivity contribution in [3.05, 3.63) is 181 Å². The number of ether oxygens (including phenoxy) is 3. The van der Waals surface area contributed by atoms with Crippen LogP contribution >= 0.6 is 0 Å². The first-order valence-electron chi connectivity index (χ1n) is 36.7. The summed E-state index contributed by atoms with van der Waals surface area (Å²) < 4.78 is 17.9. The molecule has 4 N–H and O–H groups in total. The number of hydrogen-bond donors (Lipinski definition) is 4. The van der Waals surface area contributed by atoms with E-state index in [1.54, 1.807) is 91.0 Å². The Balaban J connectivity index is 0.562. The van der Waals surface area contributed by atoms with E-state index in [9.17, 15) is 28.8 Å². The molecule has 4 aliphatic rings. The largest absolute Gasteiger partial charge is 0.444 e. The molecule has 4 aromatic heterocycles. The van der Waals surface area contributed by atoms with Gasteiger partial charge in [-0.05, 0) is 164 Å². The second-order valence-corrected chi connectivity index (χ2v) is 30.7. The number of carbonyl (C=O) groups is 6. The normalized spacial score (nSPS) is 18.3. The Hall–Kier alpha value is -10.8. The lowest BCUT2D eigenvalue weighted by Gasteiger charge is -2.37. The maximum Gasteiger partial charge on any atom is 0.410 e. The van der Waals surface area contributed by atoms with Crippen LogP contribution in [-0.2, 0) is 35.0 Å². The lowest BCUT2D eigenvalue weighted by atomic mass is 9.92. The smallest absolute Gasteiger partial charge is 0.410 e. The molecule has 0 radical (unpaired) electrons. The monoisotopic (exact) mass is 1420 g/mol. The highest BCUT2D eigenvalue weighted by atomic mass is 16.6. The number of likely N-dealkylation sites (tertiary alicyclic amines) is 4. The molecule has 8 heterocycles. The molecule has 6 amide bonds. The van der Waals surface area contributed by atoms with Crippen LogP contribution in [0.4, 0.5) is 14.4 Å². The number of imidazole rings is 4. The van der Waals surface area contributed by atoms with Gasteiger partial charge in [0.15, 0.2) is 0 Å². The van der Waals surface area contributed by atoms with E-state index in [-0.39, 0.29) is 48.3 Å². The molecule has 4 fully saturated rings. The van der Waals surface area contributed by atoms with Gasteiger partial charge >= 0.3 is 18.3 Å². The van der Waals surface area contributed by atoms with E-state index >= 15 is 0 Å². The lowest BCUT2D eigenvalue weighted by molar-refractivity contribution is -0.137. The molecule has 0 saturated carbocycles. The van der Waals surface area contributed by atoms with Crippen molar-refractivity contribution < 1.29 is 43.0 Å². The molecule has 0 unspecified atom stereocenters. The molecule has 23 heteroatoms. The summed E-state index contributed by atoms with van der Waals surface area (Å²) in [6.45, 7) is 18.3. The highest BCUT2D eigenvalue weighted by molar-refractivity contribution is 5.87. The van der Waals surface area contributed by atoms with Crippen molar-refractivity contribution in [2.24, 2.45) is 0 Å². The molecule has 6 atom stereocenters. The third-order valence-electron chi connectivity index (χ3n) is 20.8. The number of nitrogens with zero attached hydrogens (tertiary/aromatic N) is 10. The van der Waals surface area contributed by atoms with Gasteiger partial charge in [-0.15, -0.1) is 0 Å². The van der Waals surface area contributed by atoms with Crippen molar-refractivity contribution in [2.45, 2.75) is 180 Å². The number of aromatic nitrogens is 8. The summed E-state index contributed by atoms with van der Waals surface area (Å²) >= 11 is 0. The zero-order chi connectivity index (χ0) is 74.1. The summed E-state index contributed by atoms with van der Waals surface area (Å²) in [5.41, 5.74) is 9.59. The maximum absolute atomic E-state index is 14.3. The number of carbonyl (C=O) groups excluding carboxylic acids is 6. The summed E-state index contributed by atoms with van der Waals surface area (Å²) in [4.78, 5) is 125. The van der Waals surface area contributed by atoms with Gasteiger partial charge in [0.2, 0.25) is 17.7 Å². The van der Waals surface area contributed by atoms with Gasteiger partial charge in [-0.25, -0.2) is 34.3 Å². The number of H-pyrrole nitrogens is 4. The van der Waals surface area contributed by atoms with Crippen molar-refractivity contribution in [3.63, 3.8) is 0 Å². The number of amides is 6. The van der Waals surface area contributed by atoms with Crippen LogP contribution < -0.4 is 0 Å². The summed E-state index contributed by atoms with van der Waals surface area (Å²) in [6, 6.07) is 40.5. The number of nitrogens with one attached hydrogen (secondary N) is 4. The summed E-state index contributed by atoms with van der Waals surface area (Å²) in [5, 5.41) is 0. The lowest BCUT2D eigenvalue weighted by Crippen LogP contribution is -2.50. The van der Waals surface area contributed by atoms with Gasteiger partial charge < -0.3 is 48.8 Å². The molecule has 23 nitrogen and oxygen atoms in total. The molecular weight excluding hydrogens is 1320 g/mol. The fourth-order valence-corrected chi connectivity index (χ4v) is 15.3. The molecule has 0 aliphatic carbocycles. The van der Waals surface area contributed by atoms with E-state index < -0.39 is 47.2 Å². The Morgan fingerprint density at radius 3 is 1.09 bits per heavy atom. The zero-order valence-corrected chi connectivity index (χ0v) is 61.9. The van der Waals surface area contributed by atoms with E-state index in [4.69, 9.17) is 34.1 Å². The molecule has 9 aromatic rings. The van der Waals surface area contributed by atoms with Crippen molar-refractivity contribution in [2.75, 3.05) is 40.3 Å². The SMILES string of the molecule is C[C@@H](C(=O)N1CCC[C@H]1c1ncc(-c2ccc(-c3ccc(-c4cnc([C@@H]5CCCN5C(=O)[C@H](C)N(C)C(=O)OC(C)(C)CC(C)(C)OC(=O)N5CCC[C@H]5c5ncc(-c6ccc(-c7ccc(-c8cnc([C@@H]9CCCN9C(=O)Cc9ccccc9)[nH]8)cc7)cc6)[nH]5)[nH]4)cc3)cc2)[nH]1)N(C)C(=O)OC(C)(C)C. The van der Waals surface area contributed by atoms with Crippen molar-refractivity contribution in [3.8, 4) is 67.3 Å². The van der Waals surface area contributed by atoms with Crippen LogP contribution in [0.3, 0.4) is 0 Å². The fraction of sp³-hybridized carbons (Fsp3) is 0.415.